The molecule has 1 aliphatic heterocycles. The third kappa shape index (κ3) is 9.56. The average Bonchev–Trinajstić information content (AvgIpc) is 3.81. The molecule has 0 saturated carbocycles. The van der Waals surface area contributed by atoms with Crippen LogP contribution in [-0.2, 0) is 36.6 Å². The number of ether oxygens (including phenoxy) is 3. The van der Waals surface area contributed by atoms with Crippen LogP contribution in [0, 0.1) is 20.8 Å². The summed E-state index contributed by atoms with van der Waals surface area (Å²) in [5.41, 5.74) is 8.16. The number of nitrogens with one attached hydrogen (secondary N) is 2. The number of benzene rings is 2. The molecule has 56 heavy (non-hydrogen) atoms. The number of fused-ring (bicyclic) bond motifs is 4. The van der Waals surface area contributed by atoms with Crippen molar-refractivity contribution in [1.29, 1.82) is 0 Å². The highest BCUT2D eigenvalue weighted by atomic mass is 35.5. The molecule has 5 aromatic rings. The molecule has 1 amide bonds. The zero-order chi connectivity index (χ0) is 38.3. The predicted octanol–water partition coefficient (Wildman–Crippen LogP) is 6.31. The summed E-state index contributed by atoms with van der Waals surface area (Å²) in [6, 6.07) is 17.2. The third-order valence-corrected chi connectivity index (χ3v) is 11.1. The molecule has 4 heterocycles. The molecule has 0 fully saturated rings. The highest BCUT2D eigenvalue weighted by Gasteiger charge is 2.32. The van der Waals surface area contributed by atoms with Gasteiger partial charge >= 0.3 is 0 Å². The largest absolute Gasteiger partial charge is 0.377 e. The van der Waals surface area contributed by atoms with Gasteiger partial charge in [-0.1, -0.05) is 41.9 Å². The number of halogens is 1. The predicted molar refractivity (Wildman–Crippen MR) is 224 cm³/mol. The first-order chi connectivity index (χ1) is 26.8. The highest BCUT2D eigenvalue weighted by molar-refractivity contribution is 7.59. The minimum absolute atomic E-state index is 0. The number of carbonyl (C=O) groups is 2. The first-order valence-electron chi connectivity index (χ1n) is 18.5. The van der Waals surface area contributed by atoms with E-state index in [1.807, 2.05) is 54.0 Å². The summed E-state index contributed by atoms with van der Waals surface area (Å²) in [6.07, 6.45) is 2.90. The van der Waals surface area contributed by atoms with E-state index in [4.69, 9.17) is 30.8 Å². The van der Waals surface area contributed by atoms with E-state index in [0.29, 0.717) is 76.4 Å². The first kappa shape index (κ1) is 41.2. The quantitative estimate of drug-likeness (QED) is 0.103. The molecule has 0 saturated heterocycles. The Morgan fingerprint density at radius 1 is 0.893 bits per heavy atom. The molecule has 15 heteroatoms. The Kier molecular flexibility index (Phi) is 14.1. The number of rotatable bonds is 17. The van der Waals surface area contributed by atoms with Crippen molar-refractivity contribution < 1.29 is 23.8 Å². The Bertz CT molecular complexity index is 2200. The zero-order valence-electron chi connectivity index (χ0n) is 31.7. The number of thiophene rings is 1. The van der Waals surface area contributed by atoms with E-state index in [1.54, 1.807) is 17.5 Å². The lowest BCUT2D eigenvalue weighted by Crippen LogP contribution is -2.29. The van der Waals surface area contributed by atoms with Crippen molar-refractivity contribution in [2.24, 2.45) is 4.99 Å². The number of ketones is 1. The molecule has 0 spiro atoms. The van der Waals surface area contributed by atoms with E-state index in [-0.39, 0.29) is 31.6 Å². The fourth-order valence-electron chi connectivity index (χ4n) is 6.82. The lowest BCUT2D eigenvalue weighted by atomic mass is 9.99. The fraction of sp³-hybridized carbons (Fsp3) is 0.366. The van der Waals surface area contributed by atoms with Crippen LogP contribution in [0.4, 0.5) is 5.82 Å². The second kappa shape index (κ2) is 19.1. The Balaban J connectivity index is 0.00000532. The number of carbonyl (C=O) groups excluding carboxylic acids is 2. The van der Waals surface area contributed by atoms with Crippen LogP contribution in [0.2, 0.25) is 5.02 Å². The summed E-state index contributed by atoms with van der Waals surface area (Å²) in [7, 11) is 0. The molecule has 1 atom stereocenters. The van der Waals surface area contributed by atoms with Crippen LogP contribution in [0.15, 0.2) is 65.8 Å². The van der Waals surface area contributed by atoms with E-state index in [1.165, 1.54) is 4.88 Å². The van der Waals surface area contributed by atoms with Crippen molar-refractivity contribution in [3.8, 4) is 16.1 Å². The fourth-order valence-corrected chi connectivity index (χ4v) is 8.16. The highest BCUT2D eigenvalue weighted by Crippen LogP contribution is 2.39. The van der Waals surface area contributed by atoms with E-state index >= 15 is 0 Å². The number of hydrogen-bond acceptors (Lipinski definition) is 11. The Morgan fingerprint density at radius 3 is 2.36 bits per heavy atom. The average molecular weight is 816 g/mol. The number of nitrogens with zero attached hydrogens (tertiary/aromatic N) is 5. The minimum Gasteiger partial charge on any atom is -0.377 e. The molecule has 7 rings (SSSR count). The van der Waals surface area contributed by atoms with Gasteiger partial charge in [-0.15, -0.1) is 21.5 Å². The van der Waals surface area contributed by atoms with Gasteiger partial charge in [0.25, 0.3) is 0 Å². The number of aliphatic imine (C=N–C) groups is 1. The van der Waals surface area contributed by atoms with E-state index in [9.17, 15) is 9.59 Å². The van der Waals surface area contributed by atoms with Crippen LogP contribution < -0.4 is 10.6 Å². The molecule has 1 aliphatic carbocycles. The first-order valence-corrected chi connectivity index (χ1v) is 19.7. The molecule has 3 aromatic heterocycles. The Morgan fingerprint density at radius 2 is 1.59 bits per heavy atom. The maximum Gasteiger partial charge on any atom is 0.222 e. The van der Waals surface area contributed by atoms with Crippen molar-refractivity contribution in [3.63, 3.8) is 0 Å². The number of aryl methyl sites for hydroxylation is 2. The van der Waals surface area contributed by atoms with Crippen LogP contribution >= 0.6 is 36.4 Å². The second-order valence-corrected chi connectivity index (χ2v) is 15.1. The van der Waals surface area contributed by atoms with Gasteiger partial charge in [0.15, 0.2) is 5.82 Å². The number of hydrogen-bond donors (Lipinski definition) is 2. The number of amides is 1. The minimum atomic E-state index is -0.533. The van der Waals surface area contributed by atoms with Crippen molar-refractivity contribution in [2.75, 3.05) is 58.0 Å². The molecule has 12 nitrogen and oxygen atoms in total. The number of Topliss-reactive ketones (excluding diaryl/α,β-unsaturated/α-hetero) is 1. The van der Waals surface area contributed by atoms with Gasteiger partial charge in [-0.3, -0.25) is 19.1 Å². The lowest BCUT2D eigenvalue weighted by molar-refractivity contribution is -0.121. The maximum atomic E-state index is 13.2. The van der Waals surface area contributed by atoms with Gasteiger partial charge in [0.1, 0.15) is 28.5 Å². The summed E-state index contributed by atoms with van der Waals surface area (Å²) in [5.74, 6) is 2.28. The lowest BCUT2D eigenvalue weighted by Gasteiger charge is -2.13. The maximum absolute atomic E-state index is 13.2. The second-order valence-electron chi connectivity index (χ2n) is 13.5. The summed E-state index contributed by atoms with van der Waals surface area (Å²) in [6.45, 7) is 9.63. The summed E-state index contributed by atoms with van der Waals surface area (Å²) in [4.78, 5) is 35.9. The van der Waals surface area contributed by atoms with Crippen molar-refractivity contribution in [3.05, 3.63) is 110 Å². The standard InChI is InChI=1S/C41H44ClN7O5S.H2S/c1-25-26(2)55-41-37(25)38(28-8-10-32(42)11-9-28)46-35(40-48-47-27(3)49(40)41)24-36(51)43-13-15-52-17-19-54-20-18-53-16-14-45-39-34(5-4-12-44-39)30-7-6-29-22-33(50)23-31(29)21-30;/h4-12,21,35H,13-20,22-24H2,1-3H3,(H,43,51)(H,44,45);1H2/t35-;/m0./s1. The Labute approximate surface area is 342 Å². The molecular formula is C41H46ClN7O5S2. The van der Waals surface area contributed by atoms with Gasteiger partial charge in [0, 0.05) is 58.7 Å². The van der Waals surface area contributed by atoms with Crippen molar-refractivity contribution in [1.82, 2.24) is 25.1 Å². The number of pyridine rings is 1. The van der Waals surface area contributed by atoms with Crippen LogP contribution in [0.25, 0.3) is 16.1 Å². The van der Waals surface area contributed by atoms with E-state index in [0.717, 1.165) is 61.3 Å². The summed E-state index contributed by atoms with van der Waals surface area (Å²) < 4.78 is 19.1. The normalized spacial score (nSPS) is 14.3. The number of aromatic nitrogens is 4. The molecule has 0 bridgehead atoms. The van der Waals surface area contributed by atoms with Crippen LogP contribution in [0.3, 0.4) is 0 Å². The summed E-state index contributed by atoms with van der Waals surface area (Å²) >= 11 is 7.89. The Hall–Kier alpha value is -4.44. The van der Waals surface area contributed by atoms with Gasteiger partial charge < -0.3 is 24.8 Å². The SMILES string of the molecule is Cc1sc2c(c1C)C(c1ccc(Cl)cc1)=N[C@@H](CC(=O)NCCOCCOCCOCCNc1ncccc1-c1ccc3c(c1)CC(=O)C3)c1nnc(C)n1-2.S. The van der Waals surface area contributed by atoms with Gasteiger partial charge in [0.05, 0.1) is 51.8 Å². The molecule has 2 aliphatic rings. The number of anilines is 1. The van der Waals surface area contributed by atoms with Crippen LogP contribution in [-0.4, -0.2) is 89.9 Å². The van der Waals surface area contributed by atoms with E-state index < -0.39 is 6.04 Å². The van der Waals surface area contributed by atoms with Gasteiger partial charge in [-0.25, -0.2) is 4.98 Å². The molecule has 2 N–H and O–H groups in total. The monoisotopic (exact) mass is 815 g/mol. The van der Waals surface area contributed by atoms with Gasteiger partial charge in [-0.2, -0.15) is 13.5 Å². The van der Waals surface area contributed by atoms with Crippen molar-refractivity contribution >= 4 is 59.7 Å². The van der Waals surface area contributed by atoms with Gasteiger partial charge in [0.2, 0.25) is 5.91 Å². The third-order valence-electron chi connectivity index (χ3n) is 9.69. The summed E-state index contributed by atoms with van der Waals surface area (Å²) in [5, 5.41) is 16.8. The smallest absolute Gasteiger partial charge is 0.222 e. The molecule has 0 radical (unpaired) electrons. The topological polar surface area (TPSA) is 142 Å². The molecule has 294 valence electrons. The van der Waals surface area contributed by atoms with Crippen LogP contribution in [0.5, 0.6) is 0 Å². The van der Waals surface area contributed by atoms with Crippen molar-refractivity contribution in [2.45, 2.75) is 46.1 Å². The van der Waals surface area contributed by atoms with Gasteiger partial charge in [-0.05, 0) is 67.3 Å². The zero-order valence-corrected chi connectivity index (χ0v) is 34.3. The van der Waals surface area contributed by atoms with E-state index in [2.05, 4.69) is 51.8 Å². The molecular weight excluding hydrogens is 770 g/mol. The molecule has 2 aromatic carbocycles. The molecule has 0 unspecified atom stereocenters. The van der Waals surface area contributed by atoms with Crippen LogP contribution in [0.1, 0.15) is 56.8 Å².